The number of hydrogen-bond acceptors (Lipinski definition) is 3. The van der Waals surface area contributed by atoms with Crippen LogP contribution in [0.5, 0.6) is 0 Å². The van der Waals surface area contributed by atoms with Crippen LogP contribution in [0.3, 0.4) is 0 Å². The third-order valence-electron chi connectivity index (χ3n) is 6.58. The Bertz CT molecular complexity index is 1090. The minimum Gasteiger partial charge on any atom is -0.389 e. The van der Waals surface area contributed by atoms with Gasteiger partial charge in [0.1, 0.15) is 0 Å². The molecule has 1 N–H and O–H groups in total. The van der Waals surface area contributed by atoms with E-state index in [0.717, 1.165) is 17.7 Å². The van der Waals surface area contributed by atoms with Crippen molar-refractivity contribution in [3.05, 3.63) is 143 Å². The summed E-state index contributed by atoms with van der Waals surface area (Å²) in [6.45, 7) is 1.45. The lowest BCUT2D eigenvalue weighted by molar-refractivity contribution is 0.0872. The summed E-state index contributed by atoms with van der Waals surface area (Å²) in [6.07, 6.45) is 5.94. The van der Waals surface area contributed by atoms with E-state index in [-0.39, 0.29) is 0 Å². The molecular weight excluding hydrogens is 404 g/mol. The third kappa shape index (κ3) is 4.13. The average Bonchev–Trinajstić information content (AvgIpc) is 2.89. The van der Waals surface area contributed by atoms with Crippen LogP contribution in [-0.2, 0) is 5.54 Å². The van der Waals surface area contributed by atoms with Crippen molar-refractivity contribution >= 4 is 6.08 Å². The fourth-order valence-corrected chi connectivity index (χ4v) is 5.06. The number of aliphatic hydroxyl groups is 1. The van der Waals surface area contributed by atoms with E-state index >= 15 is 0 Å². The molecule has 1 aliphatic heterocycles. The molecule has 0 spiro atoms. The van der Waals surface area contributed by atoms with Crippen molar-refractivity contribution < 1.29 is 5.11 Å². The van der Waals surface area contributed by atoms with E-state index in [1.54, 1.807) is 12.4 Å². The van der Waals surface area contributed by atoms with Crippen LogP contribution in [0.1, 0.15) is 28.7 Å². The minimum absolute atomic E-state index is 0.450. The Labute approximate surface area is 195 Å². The molecule has 1 atom stereocenters. The van der Waals surface area contributed by atoms with Gasteiger partial charge < -0.3 is 5.11 Å². The van der Waals surface area contributed by atoms with E-state index in [9.17, 15) is 5.11 Å². The molecule has 164 valence electrons. The van der Waals surface area contributed by atoms with Gasteiger partial charge in [-0.15, -0.1) is 0 Å². The zero-order valence-corrected chi connectivity index (χ0v) is 18.6. The van der Waals surface area contributed by atoms with Gasteiger partial charge in [0.25, 0.3) is 0 Å². The highest BCUT2D eigenvalue weighted by atomic mass is 16.3. The van der Waals surface area contributed by atoms with Crippen LogP contribution < -0.4 is 0 Å². The molecule has 5 rings (SSSR count). The van der Waals surface area contributed by atoms with Gasteiger partial charge in [0.15, 0.2) is 0 Å². The Morgan fingerprint density at radius 3 is 1.70 bits per heavy atom. The first-order valence-electron chi connectivity index (χ1n) is 11.5. The molecule has 4 aromatic rings. The predicted molar refractivity (Wildman–Crippen MR) is 134 cm³/mol. The largest absolute Gasteiger partial charge is 0.389 e. The maximum absolute atomic E-state index is 10.9. The molecule has 1 aromatic heterocycles. The average molecular weight is 433 g/mol. The van der Waals surface area contributed by atoms with Crippen LogP contribution in [-0.4, -0.2) is 34.2 Å². The molecule has 3 nitrogen and oxygen atoms in total. The number of nitrogens with zero attached hydrogens (tertiary/aromatic N) is 2. The number of piperidine rings is 1. The highest BCUT2D eigenvalue weighted by Crippen LogP contribution is 2.44. The van der Waals surface area contributed by atoms with Crippen molar-refractivity contribution in [1.29, 1.82) is 0 Å². The molecule has 0 bridgehead atoms. The Morgan fingerprint density at radius 1 is 0.727 bits per heavy atom. The molecule has 3 heteroatoms. The van der Waals surface area contributed by atoms with Crippen molar-refractivity contribution in [2.75, 3.05) is 13.1 Å². The highest BCUT2D eigenvalue weighted by molar-refractivity contribution is 5.55. The Kier molecular flexibility index (Phi) is 6.16. The van der Waals surface area contributed by atoms with E-state index in [0.29, 0.717) is 13.0 Å². The molecule has 3 aromatic carbocycles. The van der Waals surface area contributed by atoms with E-state index in [1.165, 1.54) is 16.7 Å². The first-order chi connectivity index (χ1) is 16.3. The van der Waals surface area contributed by atoms with Gasteiger partial charge in [-0.1, -0.05) is 97.1 Å². The summed E-state index contributed by atoms with van der Waals surface area (Å²) in [5.41, 5.74) is 5.29. The Balaban J connectivity index is 1.70. The summed E-state index contributed by atoms with van der Waals surface area (Å²) in [5.74, 6) is 0. The van der Waals surface area contributed by atoms with Crippen LogP contribution in [0.2, 0.25) is 0 Å². The van der Waals surface area contributed by atoms with E-state index in [1.807, 2.05) is 12.1 Å². The maximum Gasteiger partial charge on any atom is 0.0975 e. The lowest BCUT2D eigenvalue weighted by Gasteiger charge is -2.48. The summed E-state index contributed by atoms with van der Waals surface area (Å²) in [6, 6.07) is 36.2. The van der Waals surface area contributed by atoms with Crippen molar-refractivity contribution in [3.8, 4) is 0 Å². The molecular formula is C30H28N2O. The zero-order chi connectivity index (χ0) is 22.5. The zero-order valence-electron chi connectivity index (χ0n) is 18.6. The smallest absolute Gasteiger partial charge is 0.0975 e. The van der Waals surface area contributed by atoms with E-state index in [4.69, 9.17) is 0 Å². The molecule has 2 heterocycles. The maximum atomic E-state index is 10.9. The molecule has 0 amide bonds. The first kappa shape index (κ1) is 21.3. The molecule has 1 fully saturated rings. The van der Waals surface area contributed by atoms with Crippen molar-refractivity contribution in [3.63, 3.8) is 0 Å². The summed E-state index contributed by atoms with van der Waals surface area (Å²) >= 11 is 0. The molecule has 33 heavy (non-hydrogen) atoms. The molecule has 1 saturated heterocycles. The topological polar surface area (TPSA) is 36.4 Å². The van der Waals surface area contributed by atoms with Gasteiger partial charge in [-0.2, -0.15) is 0 Å². The van der Waals surface area contributed by atoms with Crippen LogP contribution in [0.4, 0.5) is 0 Å². The van der Waals surface area contributed by atoms with Crippen molar-refractivity contribution in [1.82, 2.24) is 9.88 Å². The normalized spacial score (nSPS) is 18.3. The molecule has 1 unspecified atom stereocenters. The van der Waals surface area contributed by atoms with Gasteiger partial charge in [-0.3, -0.25) is 9.88 Å². The number of aromatic nitrogens is 1. The van der Waals surface area contributed by atoms with E-state index in [2.05, 4.69) is 107 Å². The van der Waals surface area contributed by atoms with Crippen LogP contribution in [0, 0.1) is 0 Å². The van der Waals surface area contributed by atoms with Gasteiger partial charge in [-0.05, 0) is 46.4 Å². The van der Waals surface area contributed by atoms with Gasteiger partial charge in [-0.25, -0.2) is 0 Å². The number of likely N-dealkylation sites (tertiary alicyclic amines) is 1. The monoisotopic (exact) mass is 432 g/mol. The highest BCUT2D eigenvalue weighted by Gasteiger charge is 2.44. The van der Waals surface area contributed by atoms with Gasteiger partial charge >= 0.3 is 0 Å². The summed E-state index contributed by atoms with van der Waals surface area (Å²) in [4.78, 5) is 6.65. The van der Waals surface area contributed by atoms with E-state index < -0.39 is 11.6 Å². The van der Waals surface area contributed by atoms with Crippen LogP contribution in [0.15, 0.2) is 121 Å². The van der Waals surface area contributed by atoms with Gasteiger partial charge in [0, 0.05) is 25.5 Å². The lowest BCUT2D eigenvalue weighted by Crippen LogP contribution is -2.52. The quantitative estimate of drug-likeness (QED) is 0.422. The fraction of sp³-hybridized carbons (Fsp3) is 0.167. The van der Waals surface area contributed by atoms with Gasteiger partial charge in [0.2, 0.25) is 0 Å². The standard InChI is InChI=1S/C30H28N2O/c33-29-18-21-32(23-25(29)22-24-16-19-31-20-17-24)30(26-10-4-1-5-11-26,27-12-6-2-7-13-27)28-14-8-3-9-15-28/h1-17,19-20,22,29,33H,18,21,23H2/b25-22+. The van der Waals surface area contributed by atoms with Crippen LogP contribution >= 0.6 is 0 Å². The SMILES string of the molecule is OC1CCN(C(c2ccccc2)(c2ccccc2)c2ccccc2)C/C1=C\c1ccncc1. The Hall–Kier alpha value is -3.53. The first-order valence-corrected chi connectivity index (χ1v) is 11.5. The summed E-state index contributed by atoms with van der Waals surface area (Å²) < 4.78 is 0. The number of rotatable bonds is 5. The molecule has 0 radical (unpaired) electrons. The minimum atomic E-state index is -0.471. The Morgan fingerprint density at radius 2 is 1.21 bits per heavy atom. The summed E-state index contributed by atoms with van der Waals surface area (Å²) in [5, 5.41) is 10.9. The number of hydrogen-bond donors (Lipinski definition) is 1. The molecule has 0 aliphatic carbocycles. The van der Waals surface area contributed by atoms with Gasteiger partial charge in [0.05, 0.1) is 11.6 Å². The van der Waals surface area contributed by atoms with Crippen molar-refractivity contribution in [2.24, 2.45) is 0 Å². The second-order valence-electron chi connectivity index (χ2n) is 8.53. The number of pyridine rings is 1. The second kappa shape index (κ2) is 9.53. The molecule has 0 saturated carbocycles. The second-order valence-corrected chi connectivity index (χ2v) is 8.53. The van der Waals surface area contributed by atoms with Crippen molar-refractivity contribution in [2.45, 2.75) is 18.1 Å². The fourth-order valence-electron chi connectivity index (χ4n) is 5.06. The predicted octanol–water partition coefficient (Wildman–Crippen LogP) is 5.52. The number of benzene rings is 3. The summed E-state index contributed by atoms with van der Waals surface area (Å²) in [7, 11) is 0. The molecule has 1 aliphatic rings. The number of aliphatic hydroxyl groups excluding tert-OH is 1. The van der Waals surface area contributed by atoms with Crippen LogP contribution in [0.25, 0.3) is 6.08 Å². The lowest BCUT2D eigenvalue weighted by atomic mass is 9.74. The third-order valence-corrected chi connectivity index (χ3v) is 6.58.